The zero-order valence-electron chi connectivity index (χ0n) is 14.0. The van der Waals surface area contributed by atoms with Crippen LogP contribution in [0.1, 0.15) is 35.2 Å². The monoisotopic (exact) mass is 339 g/mol. The van der Waals surface area contributed by atoms with E-state index in [0.717, 1.165) is 25.3 Å². The summed E-state index contributed by atoms with van der Waals surface area (Å²) in [6.07, 6.45) is 3.80. The quantitative estimate of drug-likeness (QED) is 0.663. The number of benzene rings is 2. The minimum Gasteiger partial charge on any atom is -0.322 e. The predicted molar refractivity (Wildman–Crippen MR) is 96.6 cm³/mol. The zero-order valence-corrected chi connectivity index (χ0v) is 14.0. The fourth-order valence-electron chi connectivity index (χ4n) is 3.06. The van der Waals surface area contributed by atoms with Gasteiger partial charge in [0.15, 0.2) is 0 Å². The molecule has 1 fully saturated rings. The molecule has 0 unspecified atom stereocenters. The summed E-state index contributed by atoms with van der Waals surface area (Å²) in [6.45, 7) is 3.14. The fraction of sp³-hybridized carbons (Fsp3) is 0.316. The Bertz CT molecular complexity index is 753. The summed E-state index contributed by atoms with van der Waals surface area (Å²) in [5.41, 5.74) is 2.27. The van der Waals surface area contributed by atoms with Crippen molar-refractivity contribution < 1.29 is 9.72 Å². The number of piperidine rings is 1. The summed E-state index contributed by atoms with van der Waals surface area (Å²) in [7, 11) is 0. The Hall–Kier alpha value is -2.73. The third kappa shape index (κ3) is 4.64. The number of rotatable bonds is 5. The molecule has 0 atom stereocenters. The summed E-state index contributed by atoms with van der Waals surface area (Å²) in [4.78, 5) is 24.9. The maximum Gasteiger partial charge on any atom is 0.269 e. The first kappa shape index (κ1) is 17.1. The Morgan fingerprint density at radius 2 is 1.80 bits per heavy atom. The third-order valence-electron chi connectivity index (χ3n) is 4.38. The average molecular weight is 339 g/mol. The van der Waals surface area contributed by atoms with Gasteiger partial charge in [-0.3, -0.25) is 19.8 Å². The Kier molecular flexibility index (Phi) is 5.40. The van der Waals surface area contributed by atoms with Crippen LogP contribution in [0.3, 0.4) is 0 Å². The lowest BCUT2D eigenvalue weighted by molar-refractivity contribution is -0.384. The van der Waals surface area contributed by atoms with E-state index in [1.54, 1.807) is 0 Å². The first-order valence-electron chi connectivity index (χ1n) is 8.49. The van der Waals surface area contributed by atoms with E-state index < -0.39 is 4.92 Å². The first-order valence-corrected chi connectivity index (χ1v) is 8.49. The van der Waals surface area contributed by atoms with Crippen LogP contribution in [0.4, 0.5) is 11.4 Å². The van der Waals surface area contributed by atoms with E-state index in [1.165, 1.54) is 49.1 Å². The van der Waals surface area contributed by atoms with Gasteiger partial charge in [0.1, 0.15) is 0 Å². The minimum atomic E-state index is -0.480. The van der Waals surface area contributed by atoms with Gasteiger partial charge in [-0.25, -0.2) is 0 Å². The molecular weight excluding hydrogens is 318 g/mol. The van der Waals surface area contributed by atoms with Crippen LogP contribution in [-0.2, 0) is 6.54 Å². The number of carbonyl (C=O) groups is 1. The molecule has 2 aromatic carbocycles. The highest BCUT2D eigenvalue weighted by Gasteiger charge is 2.12. The molecule has 0 radical (unpaired) electrons. The lowest BCUT2D eigenvalue weighted by Crippen LogP contribution is -2.29. The Morgan fingerprint density at radius 1 is 1.08 bits per heavy atom. The average Bonchev–Trinajstić information content (AvgIpc) is 2.63. The van der Waals surface area contributed by atoms with Gasteiger partial charge < -0.3 is 5.32 Å². The van der Waals surface area contributed by atoms with Crippen LogP contribution in [0.5, 0.6) is 0 Å². The number of nitro groups is 1. The van der Waals surface area contributed by atoms with E-state index >= 15 is 0 Å². The molecule has 1 aliphatic rings. The van der Waals surface area contributed by atoms with Crippen LogP contribution in [0.2, 0.25) is 0 Å². The number of anilines is 1. The molecule has 1 aliphatic heterocycles. The number of non-ortho nitro benzene ring substituents is 1. The molecule has 0 saturated carbocycles. The number of nitrogens with one attached hydrogen (secondary N) is 1. The number of carbonyl (C=O) groups excluding carboxylic acids is 1. The highest BCUT2D eigenvalue weighted by atomic mass is 16.6. The van der Waals surface area contributed by atoms with Crippen molar-refractivity contribution in [3.8, 4) is 0 Å². The van der Waals surface area contributed by atoms with E-state index in [4.69, 9.17) is 0 Å². The zero-order chi connectivity index (χ0) is 17.6. The molecule has 1 amide bonds. The number of hydrogen-bond donors (Lipinski definition) is 1. The molecule has 1 N–H and O–H groups in total. The number of amides is 1. The molecule has 3 rings (SSSR count). The lowest BCUT2D eigenvalue weighted by atomic mass is 10.1. The van der Waals surface area contributed by atoms with Crippen molar-refractivity contribution >= 4 is 17.3 Å². The van der Waals surface area contributed by atoms with Crippen LogP contribution in [-0.4, -0.2) is 28.8 Å². The van der Waals surface area contributed by atoms with Gasteiger partial charge in [0.25, 0.3) is 11.6 Å². The fourth-order valence-corrected chi connectivity index (χ4v) is 3.06. The van der Waals surface area contributed by atoms with E-state index in [-0.39, 0.29) is 11.6 Å². The predicted octanol–water partition coefficient (Wildman–Crippen LogP) is 3.83. The molecule has 130 valence electrons. The number of nitro benzene ring substituents is 1. The van der Waals surface area contributed by atoms with Crippen LogP contribution in [0, 0.1) is 10.1 Å². The summed E-state index contributed by atoms with van der Waals surface area (Å²) in [5.74, 6) is -0.273. The van der Waals surface area contributed by atoms with Crippen LogP contribution in [0.15, 0.2) is 48.5 Å². The van der Waals surface area contributed by atoms with Gasteiger partial charge in [-0.05, 0) is 55.8 Å². The van der Waals surface area contributed by atoms with Crippen LogP contribution >= 0.6 is 0 Å². The SMILES string of the molecule is O=C(Nc1cccc(CN2CCCCC2)c1)c1ccc([N+](=O)[O-])cc1. The van der Waals surface area contributed by atoms with E-state index in [0.29, 0.717) is 5.56 Å². The molecule has 0 aromatic heterocycles. The highest BCUT2D eigenvalue weighted by molar-refractivity contribution is 6.04. The largest absolute Gasteiger partial charge is 0.322 e. The first-order chi connectivity index (χ1) is 12.1. The van der Waals surface area contributed by atoms with Crippen molar-refractivity contribution in [3.63, 3.8) is 0 Å². The van der Waals surface area contributed by atoms with E-state index in [2.05, 4.69) is 16.3 Å². The summed E-state index contributed by atoms with van der Waals surface area (Å²) < 4.78 is 0. The molecule has 0 aliphatic carbocycles. The maximum atomic E-state index is 12.3. The van der Waals surface area contributed by atoms with Crippen LogP contribution < -0.4 is 5.32 Å². The van der Waals surface area contributed by atoms with Crippen LogP contribution in [0.25, 0.3) is 0 Å². The normalized spacial score (nSPS) is 14.9. The molecule has 25 heavy (non-hydrogen) atoms. The van der Waals surface area contributed by atoms with Gasteiger partial charge in [0.05, 0.1) is 4.92 Å². The minimum absolute atomic E-state index is 0.0277. The van der Waals surface area contributed by atoms with Gasteiger partial charge in [0.2, 0.25) is 0 Å². The number of nitrogens with zero attached hydrogens (tertiary/aromatic N) is 2. The summed E-state index contributed by atoms with van der Waals surface area (Å²) in [6, 6.07) is 13.4. The van der Waals surface area contributed by atoms with Gasteiger partial charge in [-0.1, -0.05) is 18.6 Å². The molecule has 0 spiro atoms. The second kappa shape index (κ2) is 7.90. The second-order valence-corrected chi connectivity index (χ2v) is 6.30. The Morgan fingerprint density at radius 3 is 2.48 bits per heavy atom. The smallest absolute Gasteiger partial charge is 0.269 e. The van der Waals surface area contributed by atoms with Gasteiger partial charge in [-0.2, -0.15) is 0 Å². The van der Waals surface area contributed by atoms with Crippen molar-refractivity contribution in [1.82, 2.24) is 4.90 Å². The molecular formula is C19H21N3O3. The number of likely N-dealkylation sites (tertiary alicyclic amines) is 1. The molecule has 2 aromatic rings. The molecule has 1 heterocycles. The standard InChI is InChI=1S/C19H21N3O3/c23-19(16-7-9-18(10-8-16)22(24)25)20-17-6-4-5-15(13-17)14-21-11-2-1-3-12-21/h4-10,13H,1-3,11-12,14H2,(H,20,23). The highest BCUT2D eigenvalue weighted by Crippen LogP contribution is 2.18. The van der Waals surface area contributed by atoms with Crippen molar-refractivity contribution in [2.24, 2.45) is 0 Å². The maximum absolute atomic E-state index is 12.3. The van der Waals surface area contributed by atoms with Crippen molar-refractivity contribution in [1.29, 1.82) is 0 Å². The molecule has 6 nitrogen and oxygen atoms in total. The second-order valence-electron chi connectivity index (χ2n) is 6.30. The van der Waals surface area contributed by atoms with E-state index in [1.807, 2.05) is 18.2 Å². The topological polar surface area (TPSA) is 75.5 Å². The molecule has 6 heteroatoms. The summed E-state index contributed by atoms with van der Waals surface area (Å²) in [5, 5.41) is 13.5. The summed E-state index contributed by atoms with van der Waals surface area (Å²) >= 11 is 0. The van der Waals surface area contributed by atoms with E-state index in [9.17, 15) is 14.9 Å². The van der Waals surface area contributed by atoms with Gasteiger partial charge in [0, 0.05) is 29.9 Å². The Labute approximate surface area is 146 Å². The third-order valence-corrected chi connectivity index (χ3v) is 4.38. The van der Waals surface area contributed by atoms with Crippen molar-refractivity contribution in [2.75, 3.05) is 18.4 Å². The van der Waals surface area contributed by atoms with Crippen molar-refractivity contribution in [3.05, 3.63) is 69.8 Å². The van der Waals surface area contributed by atoms with Crippen molar-refractivity contribution in [2.45, 2.75) is 25.8 Å². The number of hydrogen-bond acceptors (Lipinski definition) is 4. The lowest BCUT2D eigenvalue weighted by Gasteiger charge is -2.26. The molecule has 1 saturated heterocycles. The molecule has 0 bridgehead atoms. The Balaban J connectivity index is 1.64. The van der Waals surface area contributed by atoms with Gasteiger partial charge >= 0.3 is 0 Å². The van der Waals surface area contributed by atoms with Gasteiger partial charge in [-0.15, -0.1) is 0 Å².